The van der Waals surface area contributed by atoms with Crippen LogP contribution in [0.4, 0.5) is 0 Å². The fourth-order valence-corrected chi connectivity index (χ4v) is 4.65. The van der Waals surface area contributed by atoms with Gasteiger partial charge < -0.3 is 15.5 Å². The predicted octanol–water partition coefficient (Wildman–Crippen LogP) is 3.74. The van der Waals surface area contributed by atoms with Crippen LogP contribution >= 0.6 is 0 Å². The van der Waals surface area contributed by atoms with E-state index in [2.05, 4.69) is 33.7 Å². The maximum Gasteiger partial charge on any atom is 0.335 e. The number of aliphatic hydroxyl groups is 1. The molecule has 154 valence electrons. The highest BCUT2D eigenvalue weighted by Gasteiger charge is 2.25. The standard InChI is InChI=1S/C24H25N3O3/c28-19-8-6-18(7-9-19)25-13-14-1-10-20-17(11-14)12-21-22(26-27-23(20)21)15-2-4-16(5-3-15)24(29)30/h1-5,10-11,18-19,25,28H,6-9,12-13H2,(H,26,27)(H,29,30). The minimum Gasteiger partial charge on any atom is -0.478 e. The van der Waals surface area contributed by atoms with Crippen molar-refractivity contribution in [1.82, 2.24) is 15.5 Å². The zero-order valence-electron chi connectivity index (χ0n) is 16.7. The van der Waals surface area contributed by atoms with Gasteiger partial charge in [0.1, 0.15) is 0 Å². The lowest BCUT2D eigenvalue weighted by atomic mass is 9.93. The number of rotatable bonds is 5. The SMILES string of the molecule is O=C(O)c1ccc(-c2n[nH]c3c2Cc2cc(CNC4CCC(O)CC4)ccc2-3)cc1. The zero-order valence-corrected chi connectivity index (χ0v) is 16.7. The number of hydrogen-bond donors (Lipinski definition) is 4. The molecule has 5 rings (SSSR count). The monoisotopic (exact) mass is 403 g/mol. The van der Waals surface area contributed by atoms with E-state index in [1.165, 1.54) is 22.3 Å². The van der Waals surface area contributed by atoms with Crippen LogP contribution in [0.1, 0.15) is 52.7 Å². The van der Waals surface area contributed by atoms with Gasteiger partial charge >= 0.3 is 5.97 Å². The molecule has 6 heteroatoms. The van der Waals surface area contributed by atoms with E-state index in [0.29, 0.717) is 6.04 Å². The second-order valence-corrected chi connectivity index (χ2v) is 8.36. The first-order chi connectivity index (χ1) is 14.6. The van der Waals surface area contributed by atoms with Crippen LogP contribution in [-0.2, 0) is 13.0 Å². The van der Waals surface area contributed by atoms with Crippen molar-refractivity contribution in [2.75, 3.05) is 0 Å². The minimum atomic E-state index is -0.924. The lowest BCUT2D eigenvalue weighted by Gasteiger charge is -2.26. The Hall–Kier alpha value is -2.96. The van der Waals surface area contributed by atoms with Gasteiger partial charge in [-0.2, -0.15) is 5.10 Å². The number of aromatic nitrogens is 2. The number of carbonyl (C=O) groups is 1. The van der Waals surface area contributed by atoms with E-state index >= 15 is 0 Å². The maximum atomic E-state index is 11.1. The Bertz CT molecular complexity index is 1080. The minimum absolute atomic E-state index is 0.125. The van der Waals surface area contributed by atoms with Crippen LogP contribution in [0.5, 0.6) is 0 Å². The van der Waals surface area contributed by atoms with E-state index in [-0.39, 0.29) is 11.7 Å². The summed E-state index contributed by atoms with van der Waals surface area (Å²) in [5.41, 5.74) is 8.06. The van der Waals surface area contributed by atoms with Gasteiger partial charge in [0.2, 0.25) is 0 Å². The second-order valence-electron chi connectivity index (χ2n) is 8.36. The van der Waals surface area contributed by atoms with Crippen LogP contribution in [0.15, 0.2) is 42.5 Å². The smallest absolute Gasteiger partial charge is 0.335 e. The number of fused-ring (bicyclic) bond motifs is 3. The Morgan fingerprint density at radius 1 is 1.10 bits per heavy atom. The van der Waals surface area contributed by atoms with E-state index in [1.54, 1.807) is 12.1 Å². The molecule has 2 aliphatic carbocycles. The molecule has 0 atom stereocenters. The third-order valence-corrected chi connectivity index (χ3v) is 6.37. The molecule has 0 bridgehead atoms. The van der Waals surface area contributed by atoms with Gasteiger partial charge in [-0.1, -0.05) is 30.3 Å². The highest BCUT2D eigenvalue weighted by atomic mass is 16.4. The van der Waals surface area contributed by atoms with E-state index in [1.807, 2.05) is 12.1 Å². The number of carboxylic acid groups (broad SMARTS) is 1. The molecule has 0 radical (unpaired) electrons. The molecule has 1 aromatic heterocycles. The molecule has 0 amide bonds. The number of benzene rings is 2. The van der Waals surface area contributed by atoms with Crippen molar-refractivity contribution in [1.29, 1.82) is 0 Å². The molecular weight excluding hydrogens is 378 g/mol. The summed E-state index contributed by atoms with van der Waals surface area (Å²) in [5, 5.41) is 30.1. The molecule has 3 aromatic rings. The molecule has 30 heavy (non-hydrogen) atoms. The Morgan fingerprint density at radius 3 is 2.60 bits per heavy atom. The third-order valence-electron chi connectivity index (χ3n) is 6.37. The van der Waals surface area contributed by atoms with Gasteiger partial charge in [0, 0.05) is 35.7 Å². The Morgan fingerprint density at radius 2 is 1.87 bits per heavy atom. The normalized spacial score (nSPS) is 20.0. The Labute approximate surface area is 175 Å². The van der Waals surface area contributed by atoms with Crippen molar-refractivity contribution < 1.29 is 15.0 Å². The largest absolute Gasteiger partial charge is 0.478 e. The summed E-state index contributed by atoms with van der Waals surface area (Å²) in [6.45, 7) is 0.837. The lowest BCUT2D eigenvalue weighted by Crippen LogP contribution is -2.34. The van der Waals surface area contributed by atoms with Crippen LogP contribution < -0.4 is 5.32 Å². The van der Waals surface area contributed by atoms with Crippen LogP contribution in [0.2, 0.25) is 0 Å². The maximum absolute atomic E-state index is 11.1. The van der Waals surface area contributed by atoms with Gasteiger partial charge in [-0.25, -0.2) is 4.79 Å². The summed E-state index contributed by atoms with van der Waals surface area (Å²) in [6, 6.07) is 14.0. The van der Waals surface area contributed by atoms with Crippen LogP contribution in [0.3, 0.4) is 0 Å². The molecule has 6 nitrogen and oxygen atoms in total. The van der Waals surface area contributed by atoms with E-state index in [4.69, 9.17) is 5.11 Å². The van der Waals surface area contributed by atoms with E-state index < -0.39 is 5.97 Å². The number of hydrogen-bond acceptors (Lipinski definition) is 4. The molecule has 1 fully saturated rings. The molecule has 4 N–H and O–H groups in total. The number of H-pyrrole nitrogens is 1. The quantitative estimate of drug-likeness (QED) is 0.407. The number of aliphatic hydroxyl groups excluding tert-OH is 1. The van der Waals surface area contributed by atoms with Gasteiger partial charge in [-0.3, -0.25) is 5.10 Å². The first-order valence-electron chi connectivity index (χ1n) is 10.5. The average molecular weight is 403 g/mol. The van der Waals surface area contributed by atoms with Crippen LogP contribution in [0.25, 0.3) is 22.5 Å². The van der Waals surface area contributed by atoms with Gasteiger partial charge in [-0.05, 0) is 48.9 Å². The third kappa shape index (κ3) is 3.53. The van der Waals surface area contributed by atoms with Crippen molar-refractivity contribution in [3.8, 4) is 22.5 Å². The van der Waals surface area contributed by atoms with Gasteiger partial charge in [0.25, 0.3) is 0 Å². The summed E-state index contributed by atoms with van der Waals surface area (Å²) < 4.78 is 0. The Kier molecular flexibility index (Phi) is 4.89. The van der Waals surface area contributed by atoms with Crippen molar-refractivity contribution in [2.45, 2.75) is 50.8 Å². The predicted molar refractivity (Wildman–Crippen MR) is 114 cm³/mol. The summed E-state index contributed by atoms with van der Waals surface area (Å²) in [4.78, 5) is 11.1. The first-order valence-corrected chi connectivity index (χ1v) is 10.5. The van der Waals surface area contributed by atoms with E-state index in [9.17, 15) is 9.90 Å². The molecule has 2 aromatic carbocycles. The number of aromatic amines is 1. The van der Waals surface area contributed by atoms with Gasteiger partial charge in [0.15, 0.2) is 0 Å². The molecule has 1 saturated carbocycles. The highest BCUT2D eigenvalue weighted by Crippen LogP contribution is 2.40. The van der Waals surface area contributed by atoms with Crippen LogP contribution in [-0.4, -0.2) is 38.5 Å². The molecule has 1 heterocycles. The molecule has 0 spiro atoms. The highest BCUT2D eigenvalue weighted by molar-refractivity contribution is 5.88. The van der Waals surface area contributed by atoms with Crippen molar-refractivity contribution in [3.05, 3.63) is 64.7 Å². The molecule has 2 aliphatic rings. The summed E-state index contributed by atoms with van der Waals surface area (Å²) >= 11 is 0. The fourth-order valence-electron chi connectivity index (χ4n) is 4.65. The van der Waals surface area contributed by atoms with E-state index in [0.717, 1.165) is 55.6 Å². The summed E-state index contributed by atoms with van der Waals surface area (Å²) in [5.74, 6) is -0.924. The zero-order chi connectivity index (χ0) is 20.7. The number of nitrogens with one attached hydrogen (secondary N) is 2. The van der Waals surface area contributed by atoms with Crippen molar-refractivity contribution in [2.24, 2.45) is 0 Å². The number of carboxylic acids is 1. The first kappa shape index (κ1) is 19.0. The number of aromatic carboxylic acids is 1. The van der Waals surface area contributed by atoms with Crippen molar-refractivity contribution in [3.63, 3.8) is 0 Å². The molecule has 0 aliphatic heterocycles. The molecular formula is C24H25N3O3. The topological polar surface area (TPSA) is 98.2 Å². The van der Waals surface area contributed by atoms with Gasteiger partial charge in [0.05, 0.1) is 23.1 Å². The molecule has 0 unspecified atom stereocenters. The van der Waals surface area contributed by atoms with Crippen molar-refractivity contribution >= 4 is 5.97 Å². The number of nitrogens with zero attached hydrogens (tertiary/aromatic N) is 1. The lowest BCUT2D eigenvalue weighted by molar-refractivity contribution is 0.0697. The summed E-state index contributed by atoms with van der Waals surface area (Å²) in [7, 11) is 0. The van der Waals surface area contributed by atoms with Crippen LogP contribution in [0, 0.1) is 0 Å². The second kappa shape index (κ2) is 7.70. The Balaban J connectivity index is 1.32. The average Bonchev–Trinajstić information content (AvgIpc) is 3.32. The fraction of sp³-hybridized carbons (Fsp3) is 0.333. The summed E-state index contributed by atoms with van der Waals surface area (Å²) in [6.07, 6.45) is 4.54. The molecule has 0 saturated heterocycles. The van der Waals surface area contributed by atoms with Gasteiger partial charge in [-0.15, -0.1) is 0 Å².